The molecule has 0 saturated carbocycles. The summed E-state index contributed by atoms with van der Waals surface area (Å²) in [7, 11) is 0. The third-order valence-electron chi connectivity index (χ3n) is 5.06. The van der Waals surface area contributed by atoms with E-state index >= 15 is 0 Å². The summed E-state index contributed by atoms with van der Waals surface area (Å²) in [6, 6.07) is 0.361. The van der Waals surface area contributed by atoms with E-state index < -0.39 is 0 Å². The Balaban J connectivity index is 1.97. The van der Waals surface area contributed by atoms with Crippen LogP contribution in [0.25, 0.3) is 0 Å². The molecule has 0 spiro atoms. The Hall–Kier alpha value is -0.610. The number of hydrogen-bond acceptors (Lipinski definition) is 4. The number of hydrogen-bond donors (Lipinski definition) is 1. The predicted molar refractivity (Wildman–Crippen MR) is 88.7 cm³/mol. The maximum absolute atomic E-state index is 4.83. The van der Waals surface area contributed by atoms with Gasteiger partial charge < -0.3 is 10.2 Å². The van der Waals surface area contributed by atoms with Crippen molar-refractivity contribution in [2.24, 2.45) is 5.41 Å². The van der Waals surface area contributed by atoms with Gasteiger partial charge in [0, 0.05) is 24.5 Å². The van der Waals surface area contributed by atoms with Gasteiger partial charge in [-0.15, -0.1) is 11.3 Å². The molecule has 1 aromatic heterocycles. The molecule has 114 valence electrons. The van der Waals surface area contributed by atoms with E-state index in [1.165, 1.54) is 49.6 Å². The lowest BCUT2D eigenvalue weighted by Crippen LogP contribution is -2.39. The number of nitrogens with one attached hydrogen (secondary N) is 1. The monoisotopic (exact) mass is 295 g/mol. The molecule has 1 atom stereocenters. The predicted octanol–water partition coefficient (Wildman–Crippen LogP) is 4.22. The van der Waals surface area contributed by atoms with Crippen LogP contribution in [0.2, 0.25) is 0 Å². The minimum atomic E-state index is 0.361. The summed E-state index contributed by atoms with van der Waals surface area (Å²) in [5.41, 5.74) is 1.78. The molecule has 2 heterocycles. The van der Waals surface area contributed by atoms with E-state index in [4.69, 9.17) is 4.98 Å². The highest BCUT2D eigenvalue weighted by Gasteiger charge is 2.32. The number of nitrogens with zero attached hydrogens (tertiary/aromatic N) is 2. The molecule has 0 bridgehead atoms. The van der Waals surface area contributed by atoms with Crippen LogP contribution in [0.5, 0.6) is 0 Å². The summed E-state index contributed by atoms with van der Waals surface area (Å²) >= 11 is 1.80. The van der Waals surface area contributed by atoms with E-state index in [1.807, 2.05) is 0 Å². The number of rotatable bonds is 6. The molecule has 1 aromatic rings. The van der Waals surface area contributed by atoms with Crippen molar-refractivity contribution < 1.29 is 0 Å². The van der Waals surface area contributed by atoms with Crippen molar-refractivity contribution in [3.05, 3.63) is 11.1 Å². The molecule has 0 radical (unpaired) electrons. The summed E-state index contributed by atoms with van der Waals surface area (Å²) in [4.78, 5) is 7.32. The van der Waals surface area contributed by atoms with Crippen LogP contribution in [0.15, 0.2) is 5.38 Å². The lowest BCUT2D eigenvalue weighted by molar-refractivity contribution is 0.199. The fourth-order valence-corrected chi connectivity index (χ4v) is 4.13. The molecule has 1 saturated heterocycles. The summed E-state index contributed by atoms with van der Waals surface area (Å²) in [6.07, 6.45) is 5.27. The standard InChI is InChI=1S/C16H29N3S/c1-5-16(6-2)8-10-19(11-9-16)15-18-14(12-20-15)13(4)17-7-3/h12-13,17H,5-11H2,1-4H3. The van der Waals surface area contributed by atoms with Gasteiger partial charge in [0.15, 0.2) is 5.13 Å². The SMILES string of the molecule is CCNC(C)c1csc(N2CCC(CC)(CC)CC2)n1. The zero-order valence-corrected chi connectivity index (χ0v) is 14.2. The second-order valence-corrected chi connectivity index (χ2v) is 6.87. The minimum absolute atomic E-state index is 0.361. The molecule has 0 aromatic carbocycles. The van der Waals surface area contributed by atoms with Crippen LogP contribution in [0.3, 0.4) is 0 Å². The van der Waals surface area contributed by atoms with Crippen molar-refractivity contribution in [2.75, 3.05) is 24.5 Å². The molecule has 2 rings (SSSR count). The van der Waals surface area contributed by atoms with Crippen molar-refractivity contribution in [1.29, 1.82) is 0 Å². The molecular weight excluding hydrogens is 266 g/mol. The van der Waals surface area contributed by atoms with Crippen LogP contribution in [0, 0.1) is 5.41 Å². The molecule has 1 aliphatic rings. The molecule has 1 fully saturated rings. The van der Waals surface area contributed by atoms with Gasteiger partial charge >= 0.3 is 0 Å². The van der Waals surface area contributed by atoms with Gasteiger partial charge in [-0.1, -0.05) is 33.6 Å². The van der Waals surface area contributed by atoms with Gasteiger partial charge in [0.25, 0.3) is 0 Å². The van der Waals surface area contributed by atoms with Crippen LogP contribution in [0.1, 0.15) is 65.1 Å². The van der Waals surface area contributed by atoms with E-state index in [9.17, 15) is 0 Å². The Morgan fingerprint density at radius 2 is 1.95 bits per heavy atom. The van der Waals surface area contributed by atoms with E-state index in [-0.39, 0.29) is 0 Å². The van der Waals surface area contributed by atoms with E-state index in [2.05, 4.69) is 43.3 Å². The van der Waals surface area contributed by atoms with Gasteiger partial charge in [-0.2, -0.15) is 0 Å². The lowest BCUT2D eigenvalue weighted by atomic mass is 9.74. The first kappa shape index (κ1) is 15.8. The Bertz CT molecular complexity index is 402. The molecule has 1 aliphatic heterocycles. The molecule has 4 heteroatoms. The van der Waals surface area contributed by atoms with Gasteiger partial charge in [0.1, 0.15) is 0 Å². The van der Waals surface area contributed by atoms with Gasteiger partial charge in [-0.3, -0.25) is 0 Å². The Kier molecular flexibility index (Phi) is 5.44. The zero-order valence-electron chi connectivity index (χ0n) is 13.4. The van der Waals surface area contributed by atoms with E-state index in [0.717, 1.165) is 6.54 Å². The number of thiazole rings is 1. The van der Waals surface area contributed by atoms with E-state index in [0.29, 0.717) is 11.5 Å². The smallest absolute Gasteiger partial charge is 0.185 e. The molecule has 20 heavy (non-hydrogen) atoms. The highest BCUT2D eigenvalue weighted by Crippen LogP contribution is 2.39. The highest BCUT2D eigenvalue weighted by molar-refractivity contribution is 7.13. The summed E-state index contributed by atoms with van der Waals surface area (Å²) in [5.74, 6) is 0. The Labute approximate surface area is 127 Å². The van der Waals surface area contributed by atoms with Crippen LogP contribution in [-0.4, -0.2) is 24.6 Å². The van der Waals surface area contributed by atoms with Crippen LogP contribution < -0.4 is 10.2 Å². The van der Waals surface area contributed by atoms with Crippen LogP contribution >= 0.6 is 11.3 Å². The largest absolute Gasteiger partial charge is 0.348 e. The van der Waals surface area contributed by atoms with Crippen LogP contribution in [-0.2, 0) is 0 Å². The quantitative estimate of drug-likeness (QED) is 0.851. The van der Waals surface area contributed by atoms with Gasteiger partial charge in [-0.25, -0.2) is 4.98 Å². The fraction of sp³-hybridized carbons (Fsp3) is 0.812. The molecule has 1 unspecified atom stereocenters. The Morgan fingerprint density at radius 3 is 2.50 bits per heavy atom. The maximum Gasteiger partial charge on any atom is 0.185 e. The first-order valence-electron chi connectivity index (χ1n) is 8.08. The molecule has 1 N–H and O–H groups in total. The van der Waals surface area contributed by atoms with Crippen molar-refractivity contribution in [3.63, 3.8) is 0 Å². The summed E-state index contributed by atoms with van der Waals surface area (Å²) < 4.78 is 0. The minimum Gasteiger partial charge on any atom is -0.348 e. The highest BCUT2D eigenvalue weighted by atomic mass is 32.1. The van der Waals surface area contributed by atoms with Gasteiger partial charge in [-0.05, 0) is 31.7 Å². The van der Waals surface area contributed by atoms with Gasteiger partial charge in [0.05, 0.1) is 5.69 Å². The molecule has 0 aliphatic carbocycles. The van der Waals surface area contributed by atoms with Crippen molar-refractivity contribution in [3.8, 4) is 0 Å². The van der Waals surface area contributed by atoms with Crippen molar-refractivity contribution in [1.82, 2.24) is 10.3 Å². The lowest BCUT2D eigenvalue weighted by Gasteiger charge is -2.41. The number of piperidine rings is 1. The maximum atomic E-state index is 4.83. The number of aromatic nitrogens is 1. The van der Waals surface area contributed by atoms with Crippen LogP contribution in [0.4, 0.5) is 5.13 Å². The zero-order chi connectivity index (χ0) is 14.6. The fourth-order valence-electron chi connectivity index (χ4n) is 3.16. The third-order valence-corrected chi connectivity index (χ3v) is 5.98. The number of anilines is 1. The third kappa shape index (κ3) is 3.34. The second-order valence-electron chi connectivity index (χ2n) is 6.03. The second kappa shape index (κ2) is 6.90. The summed E-state index contributed by atoms with van der Waals surface area (Å²) in [5, 5.41) is 6.86. The van der Waals surface area contributed by atoms with E-state index in [1.54, 1.807) is 11.3 Å². The first-order valence-corrected chi connectivity index (χ1v) is 8.96. The Morgan fingerprint density at radius 1 is 1.30 bits per heavy atom. The van der Waals surface area contributed by atoms with Crippen molar-refractivity contribution >= 4 is 16.5 Å². The van der Waals surface area contributed by atoms with Crippen molar-refractivity contribution in [2.45, 2.75) is 59.4 Å². The molecular formula is C16H29N3S. The normalized spacial score (nSPS) is 20.1. The topological polar surface area (TPSA) is 28.2 Å². The average molecular weight is 295 g/mol. The summed E-state index contributed by atoms with van der Waals surface area (Å²) in [6.45, 7) is 12.4. The molecule has 0 amide bonds. The first-order chi connectivity index (χ1) is 9.64. The average Bonchev–Trinajstić information content (AvgIpc) is 2.97. The molecule has 3 nitrogen and oxygen atoms in total. The van der Waals surface area contributed by atoms with Gasteiger partial charge in [0.2, 0.25) is 0 Å².